The van der Waals surface area contributed by atoms with Gasteiger partial charge in [-0.3, -0.25) is 9.79 Å². The standard InChI is InChI=1S/C31H28ClFN6O/c1-39(14-13-34)30(40)19-7-10-22(11-8-19)37-31-36-17-20-16-35-29(25-15-21(32)9-12-24(25)28(20)38-31)27-23(18-5-6-18)3-2-4-26(27)33/h2-4,7-12,15,17-18H,5-6,13-14,16,34H2,1H3,(H,36,37,38). The highest BCUT2D eigenvalue weighted by Crippen LogP contribution is 2.44. The fourth-order valence-corrected chi connectivity index (χ4v) is 5.24. The first-order valence-electron chi connectivity index (χ1n) is 13.2. The summed E-state index contributed by atoms with van der Waals surface area (Å²) in [7, 11) is 1.73. The number of hydrogen-bond donors (Lipinski definition) is 2. The van der Waals surface area contributed by atoms with Gasteiger partial charge in [0.15, 0.2) is 0 Å². The van der Waals surface area contributed by atoms with E-state index in [0.717, 1.165) is 40.8 Å². The van der Waals surface area contributed by atoms with Gasteiger partial charge in [0.1, 0.15) is 5.82 Å². The molecule has 9 heteroatoms. The molecule has 3 N–H and O–H groups in total. The van der Waals surface area contributed by atoms with Crippen molar-refractivity contribution in [2.75, 3.05) is 25.5 Å². The van der Waals surface area contributed by atoms with E-state index in [-0.39, 0.29) is 11.7 Å². The Morgan fingerprint density at radius 2 is 1.93 bits per heavy atom. The van der Waals surface area contributed by atoms with Crippen LogP contribution < -0.4 is 11.1 Å². The molecule has 7 nitrogen and oxygen atoms in total. The van der Waals surface area contributed by atoms with Crippen LogP contribution in [0.15, 0.2) is 71.9 Å². The van der Waals surface area contributed by atoms with Gasteiger partial charge < -0.3 is 16.0 Å². The van der Waals surface area contributed by atoms with Crippen molar-refractivity contribution in [3.8, 4) is 11.3 Å². The van der Waals surface area contributed by atoms with E-state index in [4.69, 9.17) is 27.3 Å². The van der Waals surface area contributed by atoms with Crippen LogP contribution in [-0.4, -0.2) is 46.6 Å². The number of rotatable bonds is 7. The number of hydrogen-bond acceptors (Lipinski definition) is 6. The van der Waals surface area contributed by atoms with Crippen molar-refractivity contribution < 1.29 is 9.18 Å². The van der Waals surface area contributed by atoms with Crippen LogP contribution in [0.25, 0.3) is 11.3 Å². The minimum atomic E-state index is -0.287. The monoisotopic (exact) mass is 554 g/mol. The molecule has 0 bridgehead atoms. The Morgan fingerprint density at radius 1 is 1.12 bits per heavy atom. The summed E-state index contributed by atoms with van der Waals surface area (Å²) < 4.78 is 15.4. The Bertz CT molecular complexity index is 1630. The normalized spacial score (nSPS) is 14.1. The second-order valence-electron chi connectivity index (χ2n) is 10.1. The van der Waals surface area contributed by atoms with Gasteiger partial charge in [-0.05, 0) is 66.8 Å². The van der Waals surface area contributed by atoms with Gasteiger partial charge in [0.2, 0.25) is 5.95 Å². The lowest BCUT2D eigenvalue weighted by atomic mass is 9.91. The number of carbonyl (C=O) groups is 1. The van der Waals surface area contributed by atoms with Crippen molar-refractivity contribution in [2.45, 2.75) is 25.3 Å². The molecule has 1 aliphatic carbocycles. The van der Waals surface area contributed by atoms with Crippen LogP contribution in [0.4, 0.5) is 16.0 Å². The fourth-order valence-electron chi connectivity index (χ4n) is 5.06. The first-order valence-corrected chi connectivity index (χ1v) is 13.6. The molecule has 2 heterocycles. The smallest absolute Gasteiger partial charge is 0.253 e. The van der Waals surface area contributed by atoms with Crippen molar-refractivity contribution in [2.24, 2.45) is 10.7 Å². The fraction of sp³-hybridized carbons (Fsp3) is 0.226. The van der Waals surface area contributed by atoms with E-state index < -0.39 is 0 Å². The average molecular weight is 555 g/mol. The van der Waals surface area contributed by atoms with E-state index in [1.54, 1.807) is 36.3 Å². The molecule has 1 aromatic heterocycles. The highest BCUT2D eigenvalue weighted by atomic mass is 35.5. The maximum atomic E-state index is 15.4. The summed E-state index contributed by atoms with van der Waals surface area (Å²) in [5, 5.41) is 3.77. The second kappa shape index (κ2) is 10.8. The number of anilines is 2. The van der Waals surface area contributed by atoms with Gasteiger partial charge in [0.05, 0.1) is 18.0 Å². The lowest BCUT2D eigenvalue weighted by Crippen LogP contribution is -2.31. The summed E-state index contributed by atoms with van der Waals surface area (Å²) in [4.78, 5) is 28.4. The van der Waals surface area contributed by atoms with Crippen molar-refractivity contribution >= 4 is 34.9 Å². The molecule has 6 rings (SSSR count). The number of aliphatic imine (C=N–C) groups is 1. The number of benzene rings is 3. The first kappa shape index (κ1) is 26.1. The minimum absolute atomic E-state index is 0.0935. The minimum Gasteiger partial charge on any atom is -0.340 e. The SMILES string of the molecule is CN(CCN)C(=O)c1ccc(Nc2ncc3c(n2)-c2ccc(Cl)cc2C(c2c(F)cccc2C2CC2)=NC3)cc1. The largest absolute Gasteiger partial charge is 0.340 e. The predicted molar refractivity (Wildman–Crippen MR) is 156 cm³/mol. The van der Waals surface area contributed by atoms with Crippen LogP contribution in [0.1, 0.15) is 51.4 Å². The Hall–Kier alpha value is -4.14. The molecule has 2 aliphatic rings. The van der Waals surface area contributed by atoms with E-state index in [0.29, 0.717) is 59.1 Å². The topological polar surface area (TPSA) is 96.5 Å². The Labute approximate surface area is 236 Å². The Morgan fingerprint density at radius 3 is 2.67 bits per heavy atom. The quantitative estimate of drug-likeness (QED) is 0.295. The maximum absolute atomic E-state index is 15.4. The zero-order valence-electron chi connectivity index (χ0n) is 22.0. The van der Waals surface area contributed by atoms with Crippen molar-refractivity contribution in [3.63, 3.8) is 0 Å². The molecular weight excluding hydrogens is 527 g/mol. The second-order valence-corrected chi connectivity index (χ2v) is 10.6. The maximum Gasteiger partial charge on any atom is 0.253 e. The van der Waals surface area contributed by atoms with Crippen molar-refractivity contribution in [1.82, 2.24) is 14.9 Å². The van der Waals surface area contributed by atoms with Crippen LogP contribution in [0.3, 0.4) is 0 Å². The zero-order chi connectivity index (χ0) is 27.8. The molecule has 40 heavy (non-hydrogen) atoms. The first-order chi connectivity index (χ1) is 19.4. The van der Waals surface area contributed by atoms with Crippen LogP contribution >= 0.6 is 11.6 Å². The number of carbonyl (C=O) groups excluding carboxylic acids is 1. The summed E-state index contributed by atoms with van der Waals surface area (Å²) in [6.07, 6.45) is 3.84. The number of fused-ring (bicyclic) bond motifs is 3. The van der Waals surface area contributed by atoms with Crippen LogP contribution in [0, 0.1) is 5.82 Å². The number of nitrogens with one attached hydrogen (secondary N) is 1. The van der Waals surface area contributed by atoms with Crippen LogP contribution in [0.5, 0.6) is 0 Å². The highest BCUT2D eigenvalue weighted by Gasteiger charge is 2.31. The number of nitrogens with zero attached hydrogens (tertiary/aromatic N) is 4. The molecule has 0 radical (unpaired) electrons. The molecule has 0 atom stereocenters. The van der Waals surface area contributed by atoms with Gasteiger partial charge in [-0.1, -0.05) is 29.8 Å². The summed E-state index contributed by atoms with van der Waals surface area (Å²) in [6.45, 7) is 1.20. The van der Waals surface area contributed by atoms with Gasteiger partial charge in [0.25, 0.3) is 5.91 Å². The van der Waals surface area contributed by atoms with Gasteiger partial charge in [-0.25, -0.2) is 14.4 Å². The number of aromatic nitrogens is 2. The van der Waals surface area contributed by atoms with E-state index in [2.05, 4.69) is 10.3 Å². The van der Waals surface area contributed by atoms with Gasteiger partial charge in [-0.2, -0.15) is 0 Å². The van der Waals surface area contributed by atoms with Crippen molar-refractivity contribution in [3.05, 3.63) is 106 Å². The third kappa shape index (κ3) is 5.08. The van der Waals surface area contributed by atoms with E-state index in [9.17, 15) is 4.79 Å². The summed E-state index contributed by atoms with van der Waals surface area (Å²) in [6, 6.07) is 17.9. The summed E-state index contributed by atoms with van der Waals surface area (Å²) in [5.41, 5.74) is 12.1. The summed E-state index contributed by atoms with van der Waals surface area (Å²) >= 11 is 6.45. The highest BCUT2D eigenvalue weighted by molar-refractivity contribution is 6.31. The third-order valence-electron chi connectivity index (χ3n) is 7.26. The summed E-state index contributed by atoms with van der Waals surface area (Å²) in [5.74, 6) is 0.362. The molecule has 202 valence electrons. The molecule has 1 aliphatic heterocycles. The average Bonchev–Trinajstić information content (AvgIpc) is 3.81. The predicted octanol–water partition coefficient (Wildman–Crippen LogP) is 5.94. The lowest BCUT2D eigenvalue weighted by molar-refractivity contribution is 0.0799. The third-order valence-corrected chi connectivity index (χ3v) is 7.50. The number of halogens is 2. The lowest BCUT2D eigenvalue weighted by Gasteiger charge is -2.16. The Balaban J connectivity index is 1.34. The zero-order valence-corrected chi connectivity index (χ0v) is 22.8. The molecule has 1 amide bonds. The van der Waals surface area contributed by atoms with E-state index in [1.807, 2.05) is 36.4 Å². The molecule has 1 fully saturated rings. The molecule has 0 saturated heterocycles. The molecular formula is C31H28ClFN6O. The van der Waals surface area contributed by atoms with Gasteiger partial charge in [0, 0.05) is 64.9 Å². The van der Waals surface area contributed by atoms with Crippen molar-refractivity contribution in [1.29, 1.82) is 0 Å². The van der Waals surface area contributed by atoms with E-state index >= 15 is 4.39 Å². The van der Waals surface area contributed by atoms with Crippen LogP contribution in [-0.2, 0) is 6.54 Å². The molecule has 1 saturated carbocycles. The molecule has 4 aromatic rings. The number of amides is 1. The van der Waals surface area contributed by atoms with Gasteiger partial charge in [-0.15, -0.1) is 0 Å². The number of likely N-dealkylation sites (N-methyl/N-ethyl adjacent to an activating group) is 1. The number of nitrogens with two attached hydrogens (primary N) is 1. The van der Waals surface area contributed by atoms with E-state index in [1.165, 1.54) is 6.07 Å². The molecule has 3 aromatic carbocycles. The molecule has 0 unspecified atom stereocenters. The van der Waals surface area contributed by atoms with Gasteiger partial charge >= 0.3 is 0 Å². The Kier molecular flexibility index (Phi) is 7.04. The molecule has 0 spiro atoms. The van der Waals surface area contributed by atoms with Crippen LogP contribution in [0.2, 0.25) is 5.02 Å².